The van der Waals surface area contributed by atoms with Gasteiger partial charge in [-0.1, -0.05) is 24.3 Å². The number of hydrogen-bond acceptors (Lipinski definition) is 3. The smallest absolute Gasteiger partial charge is 0.416 e. The average molecular weight is 460 g/mol. The van der Waals surface area contributed by atoms with Crippen molar-refractivity contribution in [3.05, 3.63) is 87.0 Å². The Bertz CT molecular complexity index is 1300. The third-order valence-corrected chi connectivity index (χ3v) is 5.84. The topological polar surface area (TPSA) is 71.3 Å². The van der Waals surface area contributed by atoms with E-state index in [9.17, 15) is 32.3 Å². The van der Waals surface area contributed by atoms with Crippen molar-refractivity contribution in [2.24, 2.45) is 7.05 Å². The summed E-state index contributed by atoms with van der Waals surface area (Å²) in [7, 11) is 1.22. The van der Waals surface area contributed by atoms with Gasteiger partial charge < -0.3 is 15.0 Å². The van der Waals surface area contributed by atoms with Crippen LogP contribution in [0.4, 0.5) is 17.6 Å². The maximum atomic E-state index is 13.9. The first kappa shape index (κ1) is 22.6. The number of benzene rings is 2. The van der Waals surface area contributed by atoms with Crippen LogP contribution in [0.15, 0.2) is 53.3 Å². The molecule has 1 aliphatic rings. The van der Waals surface area contributed by atoms with Crippen LogP contribution in [0.2, 0.25) is 0 Å². The number of aromatic hydroxyl groups is 1. The van der Waals surface area contributed by atoms with E-state index >= 15 is 0 Å². The molecule has 1 heterocycles. The molecule has 4 rings (SSSR count). The number of aromatic nitrogens is 1. The number of hydrogen-bond donors (Lipinski definition) is 2. The van der Waals surface area contributed by atoms with Gasteiger partial charge in [0.1, 0.15) is 5.82 Å². The molecular formula is C24H20F4N2O3. The number of amides is 1. The first-order valence-electron chi connectivity index (χ1n) is 10.3. The van der Waals surface area contributed by atoms with Crippen molar-refractivity contribution < 1.29 is 27.5 Å². The molecule has 0 fully saturated rings. The van der Waals surface area contributed by atoms with Crippen molar-refractivity contribution in [1.82, 2.24) is 9.88 Å². The quantitative estimate of drug-likeness (QED) is 0.556. The van der Waals surface area contributed by atoms with E-state index in [0.29, 0.717) is 18.6 Å². The number of fused-ring (bicyclic) bond motifs is 1. The summed E-state index contributed by atoms with van der Waals surface area (Å²) in [5.74, 6) is -2.74. The Hall–Kier alpha value is -3.62. The summed E-state index contributed by atoms with van der Waals surface area (Å²) in [6.07, 6.45) is -2.45. The molecule has 0 spiro atoms. The summed E-state index contributed by atoms with van der Waals surface area (Å²) in [4.78, 5) is 25.6. The molecule has 1 amide bonds. The fourth-order valence-electron chi connectivity index (χ4n) is 4.18. The Labute approximate surface area is 186 Å². The summed E-state index contributed by atoms with van der Waals surface area (Å²) in [6.45, 7) is 0. The number of pyridine rings is 1. The van der Waals surface area contributed by atoms with Crippen molar-refractivity contribution in [3.8, 4) is 17.0 Å². The van der Waals surface area contributed by atoms with Gasteiger partial charge in [0, 0.05) is 12.6 Å². The number of aryl methyl sites for hydroxylation is 1. The van der Waals surface area contributed by atoms with Gasteiger partial charge in [0.25, 0.3) is 11.5 Å². The van der Waals surface area contributed by atoms with E-state index in [2.05, 4.69) is 5.32 Å². The second-order valence-corrected chi connectivity index (χ2v) is 8.00. The van der Waals surface area contributed by atoms with Gasteiger partial charge >= 0.3 is 6.18 Å². The fourth-order valence-corrected chi connectivity index (χ4v) is 4.18. The van der Waals surface area contributed by atoms with Crippen LogP contribution in [0.1, 0.15) is 45.9 Å². The van der Waals surface area contributed by atoms with Gasteiger partial charge in [-0.15, -0.1) is 0 Å². The van der Waals surface area contributed by atoms with Crippen LogP contribution in [0.5, 0.6) is 5.75 Å². The van der Waals surface area contributed by atoms with Gasteiger partial charge in [-0.05, 0) is 54.7 Å². The summed E-state index contributed by atoms with van der Waals surface area (Å²) in [5.41, 5.74) is -0.990. The number of rotatable bonds is 3. The van der Waals surface area contributed by atoms with E-state index in [1.807, 2.05) is 24.3 Å². The monoisotopic (exact) mass is 460 g/mol. The molecule has 1 atom stereocenters. The molecule has 1 aromatic heterocycles. The number of halogens is 4. The first-order chi connectivity index (χ1) is 15.6. The minimum atomic E-state index is -4.80. The lowest BCUT2D eigenvalue weighted by Gasteiger charge is -2.26. The molecule has 3 aromatic rings. The Morgan fingerprint density at radius 2 is 1.88 bits per heavy atom. The minimum Gasteiger partial charge on any atom is -0.502 e. The highest BCUT2D eigenvalue weighted by Gasteiger charge is 2.32. The molecule has 0 radical (unpaired) electrons. The van der Waals surface area contributed by atoms with Gasteiger partial charge in [-0.2, -0.15) is 13.2 Å². The third-order valence-electron chi connectivity index (χ3n) is 5.84. The molecule has 0 saturated carbocycles. The lowest BCUT2D eigenvalue weighted by atomic mass is 9.87. The number of nitrogens with zero attached hydrogens (tertiary/aromatic N) is 1. The minimum absolute atomic E-state index is 0.142. The van der Waals surface area contributed by atoms with Crippen LogP contribution >= 0.6 is 0 Å². The largest absolute Gasteiger partial charge is 0.502 e. The highest BCUT2D eigenvalue weighted by molar-refractivity contribution is 5.98. The molecule has 1 aliphatic carbocycles. The molecule has 1 unspecified atom stereocenters. The lowest BCUT2D eigenvalue weighted by Crippen LogP contribution is -2.32. The molecule has 33 heavy (non-hydrogen) atoms. The molecule has 2 aromatic carbocycles. The van der Waals surface area contributed by atoms with Crippen LogP contribution in [-0.2, 0) is 19.6 Å². The Kier molecular flexibility index (Phi) is 5.73. The van der Waals surface area contributed by atoms with E-state index in [1.165, 1.54) is 7.05 Å². The van der Waals surface area contributed by atoms with Crippen LogP contribution in [0.25, 0.3) is 11.3 Å². The Morgan fingerprint density at radius 3 is 2.61 bits per heavy atom. The molecule has 172 valence electrons. The number of carbonyl (C=O) groups is 1. The SMILES string of the molecule is Cn1c(-c2cc(F)cc(C(F)(F)F)c2)cc(C(=O)NC2CCCc3ccccc32)c(O)c1=O. The maximum absolute atomic E-state index is 13.9. The highest BCUT2D eigenvalue weighted by Crippen LogP contribution is 2.34. The molecular weight excluding hydrogens is 440 g/mol. The molecule has 0 bridgehead atoms. The van der Waals surface area contributed by atoms with Crippen molar-refractivity contribution in [3.63, 3.8) is 0 Å². The van der Waals surface area contributed by atoms with E-state index in [-0.39, 0.29) is 17.3 Å². The van der Waals surface area contributed by atoms with Gasteiger partial charge in [-0.25, -0.2) is 4.39 Å². The van der Waals surface area contributed by atoms with Crippen molar-refractivity contribution in [1.29, 1.82) is 0 Å². The Balaban J connectivity index is 1.76. The van der Waals surface area contributed by atoms with Crippen LogP contribution in [0, 0.1) is 5.82 Å². The number of carbonyl (C=O) groups excluding carboxylic acids is 1. The second kappa shape index (κ2) is 8.38. The molecule has 5 nitrogen and oxygen atoms in total. The predicted octanol–water partition coefficient (Wildman–Crippen LogP) is 4.72. The average Bonchev–Trinajstić information content (AvgIpc) is 2.77. The van der Waals surface area contributed by atoms with E-state index in [4.69, 9.17) is 0 Å². The lowest BCUT2D eigenvalue weighted by molar-refractivity contribution is -0.137. The zero-order valence-corrected chi connectivity index (χ0v) is 17.5. The van der Waals surface area contributed by atoms with Crippen molar-refractivity contribution >= 4 is 5.91 Å². The van der Waals surface area contributed by atoms with Crippen molar-refractivity contribution in [2.75, 3.05) is 0 Å². The predicted molar refractivity (Wildman–Crippen MR) is 113 cm³/mol. The van der Waals surface area contributed by atoms with Gasteiger partial charge in [-0.3, -0.25) is 9.59 Å². The Morgan fingerprint density at radius 1 is 1.15 bits per heavy atom. The fraction of sp³-hybridized carbons (Fsp3) is 0.250. The van der Waals surface area contributed by atoms with Crippen molar-refractivity contribution in [2.45, 2.75) is 31.5 Å². The number of alkyl halides is 3. The van der Waals surface area contributed by atoms with E-state index in [0.717, 1.165) is 40.7 Å². The van der Waals surface area contributed by atoms with Gasteiger partial charge in [0.05, 0.1) is 22.9 Å². The van der Waals surface area contributed by atoms with Crippen LogP contribution < -0.4 is 10.9 Å². The summed E-state index contributed by atoms with van der Waals surface area (Å²) >= 11 is 0. The standard InChI is InChI=1S/C24H20F4N2O3/c1-30-20(14-9-15(24(26,27)28)11-16(25)10-14)12-18(21(31)23(30)33)22(32)29-19-8-4-6-13-5-2-3-7-17(13)19/h2-3,5,7,9-12,19,31H,4,6,8H2,1H3,(H,29,32). The maximum Gasteiger partial charge on any atom is 0.416 e. The first-order valence-corrected chi connectivity index (χ1v) is 10.3. The highest BCUT2D eigenvalue weighted by atomic mass is 19.4. The molecule has 0 saturated heterocycles. The summed E-state index contributed by atoms with van der Waals surface area (Å²) in [5, 5.41) is 13.1. The van der Waals surface area contributed by atoms with Crippen LogP contribution in [0.3, 0.4) is 0 Å². The molecule has 9 heteroatoms. The summed E-state index contributed by atoms with van der Waals surface area (Å²) < 4.78 is 54.3. The van der Waals surface area contributed by atoms with Gasteiger partial charge in [0.15, 0.2) is 5.75 Å². The third kappa shape index (κ3) is 4.35. The zero-order chi connectivity index (χ0) is 23.9. The zero-order valence-electron chi connectivity index (χ0n) is 17.5. The van der Waals surface area contributed by atoms with E-state index in [1.54, 1.807) is 0 Å². The normalized spacial score (nSPS) is 15.7. The van der Waals surface area contributed by atoms with E-state index < -0.39 is 40.3 Å². The summed E-state index contributed by atoms with van der Waals surface area (Å²) in [6, 6.07) is 10.2. The van der Waals surface area contributed by atoms with Gasteiger partial charge in [0.2, 0.25) is 0 Å². The van der Waals surface area contributed by atoms with Crippen LogP contribution in [-0.4, -0.2) is 15.6 Å². The molecule has 0 aliphatic heterocycles. The second-order valence-electron chi connectivity index (χ2n) is 8.00. The molecule has 2 N–H and O–H groups in total. The number of nitrogens with one attached hydrogen (secondary N) is 1.